The fourth-order valence-electron chi connectivity index (χ4n) is 1.75. The van der Waals surface area contributed by atoms with Crippen molar-refractivity contribution in [2.24, 2.45) is 0 Å². The summed E-state index contributed by atoms with van der Waals surface area (Å²) in [5.74, 6) is -1.34. The van der Waals surface area contributed by atoms with E-state index in [4.69, 9.17) is 0 Å². The summed E-state index contributed by atoms with van der Waals surface area (Å²) in [5.41, 5.74) is -0.567. The lowest BCUT2D eigenvalue weighted by atomic mass is 10.2. The van der Waals surface area contributed by atoms with Gasteiger partial charge in [-0.15, -0.1) is 11.8 Å². The Morgan fingerprint density at radius 1 is 1.17 bits per heavy atom. The standard InChI is InChI=1S/C15H12F2N2O3S/c16-11-6-5-10(19(21)22)9-13(11)18-15(20)7-8-23-14-4-2-1-3-12(14)17/h1-6,9H,7-8H2,(H,18,20). The molecule has 120 valence electrons. The molecule has 23 heavy (non-hydrogen) atoms. The monoisotopic (exact) mass is 338 g/mol. The molecular formula is C15H12F2N2O3S. The Balaban J connectivity index is 1.91. The van der Waals surface area contributed by atoms with E-state index in [9.17, 15) is 23.7 Å². The van der Waals surface area contributed by atoms with Gasteiger partial charge >= 0.3 is 0 Å². The van der Waals surface area contributed by atoms with Crippen LogP contribution in [0, 0.1) is 21.7 Å². The van der Waals surface area contributed by atoms with Gasteiger partial charge in [-0.25, -0.2) is 8.78 Å². The van der Waals surface area contributed by atoms with Gasteiger partial charge in [0.2, 0.25) is 5.91 Å². The molecule has 0 aliphatic heterocycles. The highest BCUT2D eigenvalue weighted by Gasteiger charge is 2.13. The minimum Gasteiger partial charge on any atom is -0.323 e. The molecule has 1 N–H and O–H groups in total. The Morgan fingerprint density at radius 3 is 2.61 bits per heavy atom. The van der Waals surface area contributed by atoms with E-state index in [1.165, 1.54) is 6.07 Å². The topological polar surface area (TPSA) is 72.2 Å². The molecule has 0 aliphatic carbocycles. The van der Waals surface area contributed by atoms with Crippen molar-refractivity contribution in [2.75, 3.05) is 11.1 Å². The third-order valence-corrected chi connectivity index (χ3v) is 3.91. The second-order valence-electron chi connectivity index (χ2n) is 4.50. The maximum atomic E-state index is 13.5. The highest BCUT2D eigenvalue weighted by Crippen LogP contribution is 2.23. The smallest absolute Gasteiger partial charge is 0.271 e. The fraction of sp³-hybridized carbons (Fsp3) is 0.133. The molecule has 0 unspecified atom stereocenters. The van der Waals surface area contributed by atoms with Crippen LogP contribution in [0.5, 0.6) is 0 Å². The predicted octanol–water partition coefficient (Wildman–Crippen LogP) is 3.99. The van der Waals surface area contributed by atoms with Gasteiger partial charge < -0.3 is 5.32 Å². The van der Waals surface area contributed by atoms with Gasteiger partial charge in [-0.05, 0) is 18.2 Å². The van der Waals surface area contributed by atoms with E-state index in [0.717, 1.165) is 30.0 Å². The van der Waals surface area contributed by atoms with Crippen molar-refractivity contribution in [2.45, 2.75) is 11.3 Å². The number of nitrogens with zero attached hydrogens (tertiary/aromatic N) is 1. The molecule has 0 atom stereocenters. The zero-order valence-electron chi connectivity index (χ0n) is 11.8. The van der Waals surface area contributed by atoms with E-state index in [0.29, 0.717) is 10.6 Å². The number of anilines is 1. The van der Waals surface area contributed by atoms with Crippen LogP contribution in [0.3, 0.4) is 0 Å². The molecule has 2 aromatic rings. The van der Waals surface area contributed by atoms with Gasteiger partial charge in [0.05, 0.1) is 10.6 Å². The minimum atomic E-state index is -0.759. The van der Waals surface area contributed by atoms with Crippen LogP contribution in [-0.4, -0.2) is 16.6 Å². The van der Waals surface area contributed by atoms with Crippen molar-refractivity contribution in [3.05, 3.63) is 64.2 Å². The second-order valence-corrected chi connectivity index (χ2v) is 5.64. The molecule has 0 saturated carbocycles. The molecule has 0 heterocycles. The lowest BCUT2D eigenvalue weighted by molar-refractivity contribution is -0.384. The summed E-state index contributed by atoms with van der Waals surface area (Å²) in [4.78, 5) is 22.1. The summed E-state index contributed by atoms with van der Waals surface area (Å²) in [6, 6.07) is 9.05. The van der Waals surface area contributed by atoms with Crippen LogP contribution in [-0.2, 0) is 4.79 Å². The molecule has 5 nitrogen and oxygen atoms in total. The molecule has 0 aliphatic rings. The summed E-state index contributed by atoms with van der Waals surface area (Å²) in [6.45, 7) is 0. The number of benzene rings is 2. The fourth-order valence-corrected chi connectivity index (χ4v) is 2.64. The molecule has 2 rings (SSSR count). The Hall–Kier alpha value is -2.48. The first kappa shape index (κ1) is 16.9. The average molecular weight is 338 g/mol. The number of nitro benzene ring substituents is 1. The van der Waals surface area contributed by atoms with E-state index >= 15 is 0 Å². The lowest BCUT2D eigenvalue weighted by Crippen LogP contribution is -2.13. The third-order valence-electron chi connectivity index (χ3n) is 2.86. The van der Waals surface area contributed by atoms with Gasteiger partial charge in [0, 0.05) is 29.2 Å². The lowest BCUT2D eigenvalue weighted by Gasteiger charge is -2.06. The van der Waals surface area contributed by atoms with Crippen molar-refractivity contribution in [3.8, 4) is 0 Å². The first-order valence-corrected chi connectivity index (χ1v) is 7.57. The molecule has 2 aromatic carbocycles. The number of carbonyl (C=O) groups is 1. The number of thioether (sulfide) groups is 1. The van der Waals surface area contributed by atoms with E-state index in [2.05, 4.69) is 5.32 Å². The zero-order chi connectivity index (χ0) is 16.8. The number of amides is 1. The van der Waals surface area contributed by atoms with Gasteiger partial charge in [-0.2, -0.15) is 0 Å². The molecule has 8 heteroatoms. The predicted molar refractivity (Wildman–Crippen MR) is 83.4 cm³/mol. The summed E-state index contributed by atoms with van der Waals surface area (Å²) < 4.78 is 26.9. The van der Waals surface area contributed by atoms with Gasteiger partial charge in [0.1, 0.15) is 11.6 Å². The maximum absolute atomic E-state index is 13.5. The number of carbonyl (C=O) groups excluding carboxylic acids is 1. The van der Waals surface area contributed by atoms with Crippen molar-refractivity contribution < 1.29 is 18.5 Å². The molecule has 0 fully saturated rings. The van der Waals surface area contributed by atoms with Crippen LogP contribution >= 0.6 is 11.8 Å². The van der Waals surface area contributed by atoms with Crippen LogP contribution < -0.4 is 5.32 Å². The SMILES string of the molecule is O=C(CCSc1ccccc1F)Nc1cc([N+](=O)[O-])ccc1F. The van der Waals surface area contributed by atoms with Crippen LogP contribution in [0.2, 0.25) is 0 Å². The summed E-state index contributed by atoms with van der Waals surface area (Å²) in [7, 11) is 0. The molecule has 0 saturated heterocycles. The number of nitro groups is 1. The highest BCUT2D eigenvalue weighted by molar-refractivity contribution is 7.99. The molecule has 1 amide bonds. The van der Waals surface area contributed by atoms with E-state index in [1.807, 2.05) is 0 Å². The van der Waals surface area contributed by atoms with Gasteiger partial charge in [0.25, 0.3) is 5.69 Å². The Kier molecular flexibility index (Phi) is 5.64. The summed E-state index contributed by atoms with van der Waals surface area (Å²) in [6.07, 6.45) is 0.0150. The molecule has 0 bridgehead atoms. The quantitative estimate of drug-likeness (QED) is 0.491. The third kappa shape index (κ3) is 4.75. The molecule has 0 spiro atoms. The van der Waals surface area contributed by atoms with Crippen LogP contribution in [0.25, 0.3) is 0 Å². The minimum absolute atomic E-state index is 0.0150. The zero-order valence-corrected chi connectivity index (χ0v) is 12.6. The number of rotatable bonds is 6. The van der Waals surface area contributed by atoms with Gasteiger partial charge in [-0.1, -0.05) is 12.1 Å². The van der Waals surface area contributed by atoms with Crippen LogP contribution in [0.15, 0.2) is 47.4 Å². The normalized spacial score (nSPS) is 10.3. The van der Waals surface area contributed by atoms with Gasteiger partial charge in [-0.3, -0.25) is 14.9 Å². The summed E-state index contributed by atoms with van der Waals surface area (Å²) in [5, 5.41) is 12.9. The molecule has 0 radical (unpaired) electrons. The number of halogens is 2. The highest BCUT2D eigenvalue weighted by atomic mass is 32.2. The molecule has 0 aromatic heterocycles. The van der Waals surface area contributed by atoms with E-state index < -0.39 is 16.6 Å². The van der Waals surface area contributed by atoms with Crippen LogP contribution in [0.1, 0.15) is 6.42 Å². The number of non-ortho nitro benzene ring substituents is 1. The summed E-state index contributed by atoms with van der Waals surface area (Å²) >= 11 is 1.16. The number of hydrogen-bond donors (Lipinski definition) is 1. The van der Waals surface area contributed by atoms with E-state index in [-0.39, 0.29) is 23.6 Å². The second kappa shape index (κ2) is 7.68. The molecular weight excluding hydrogens is 326 g/mol. The number of nitrogens with one attached hydrogen (secondary N) is 1. The van der Waals surface area contributed by atoms with Crippen molar-refractivity contribution >= 4 is 29.0 Å². The van der Waals surface area contributed by atoms with E-state index in [1.54, 1.807) is 18.2 Å². The van der Waals surface area contributed by atoms with Crippen molar-refractivity contribution in [3.63, 3.8) is 0 Å². The van der Waals surface area contributed by atoms with Crippen molar-refractivity contribution in [1.82, 2.24) is 0 Å². The Bertz CT molecular complexity index is 740. The number of hydrogen-bond acceptors (Lipinski definition) is 4. The average Bonchev–Trinajstić information content (AvgIpc) is 2.51. The van der Waals surface area contributed by atoms with Crippen molar-refractivity contribution in [1.29, 1.82) is 0 Å². The first-order valence-electron chi connectivity index (χ1n) is 6.58. The Labute approximate surface area is 134 Å². The maximum Gasteiger partial charge on any atom is 0.271 e. The largest absolute Gasteiger partial charge is 0.323 e. The Morgan fingerprint density at radius 2 is 1.91 bits per heavy atom. The van der Waals surface area contributed by atoms with Crippen LogP contribution in [0.4, 0.5) is 20.2 Å². The van der Waals surface area contributed by atoms with Gasteiger partial charge in [0.15, 0.2) is 0 Å². The first-order chi connectivity index (χ1) is 11.0.